The zero-order valence-corrected chi connectivity index (χ0v) is 10.7. The number of aryl methyl sites for hydroxylation is 1. The maximum atomic E-state index is 13.1. The molecule has 94 valence electrons. The molecule has 0 fully saturated rings. The zero-order chi connectivity index (χ0) is 13.0. The van der Waals surface area contributed by atoms with Gasteiger partial charge in [0.15, 0.2) is 0 Å². The van der Waals surface area contributed by atoms with Crippen LogP contribution in [0.4, 0.5) is 4.39 Å². The van der Waals surface area contributed by atoms with E-state index in [1.807, 2.05) is 25.3 Å². The van der Waals surface area contributed by atoms with Gasteiger partial charge >= 0.3 is 0 Å². The third-order valence-corrected chi connectivity index (χ3v) is 3.09. The van der Waals surface area contributed by atoms with Crippen LogP contribution < -0.4 is 5.32 Å². The van der Waals surface area contributed by atoms with Crippen molar-refractivity contribution in [2.24, 2.45) is 0 Å². The Balaban J connectivity index is 2.00. The minimum absolute atomic E-state index is 0.111. The Morgan fingerprint density at radius 1 is 1.33 bits per heavy atom. The third-order valence-electron chi connectivity index (χ3n) is 3.09. The summed E-state index contributed by atoms with van der Waals surface area (Å²) in [6, 6.07) is 8.79. The van der Waals surface area contributed by atoms with Crippen molar-refractivity contribution in [2.45, 2.75) is 26.4 Å². The second-order valence-electron chi connectivity index (χ2n) is 4.46. The summed E-state index contributed by atoms with van der Waals surface area (Å²) in [6.07, 6.45) is 3.65. The predicted molar refractivity (Wildman–Crippen MR) is 70.6 cm³/mol. The number of hydrogen-bond donors (Lipinski definition) is 1. The molecule has 0 spiro atoms. The van der Waals surface area contributed by atoms with Gasteiger partial charge in [0.1, 0.15) is 5.82 Å². The SMILES string of the molecule is Cc1ccncc1CN[C@@H](C)c1cccc(F)c1. The Kier molecular flexibility index (Phi) is 4.05. The van der Waals surface area contributed by atoms with Crippen LogP contribution >= 0.6 is 0 Å². The summed E-state index contributed by atoms with van der Waals surface area (Å²) in [4.78, 5) is 4.11. The first-order chi connectivity index (χ1) is 8.66. The van der Waals surface area contributed by atoms with E-state index in [-0.39, 0.29) is 11.9 Å². The molecule has 1 N–H and O–H groups in total. The molecule has 0 radical (unpaired) electrons. The van der Waals surface area contributed by atoms with E-state index in [1.165, 1.54) is 17.2 Å². The van der Waals surface area contributed by atoms with Gasteiger partial charge in [0.05, 0.1) is 0 Å². The molecule has 0 saturated heterocycles. The van der Waals surface area contributed by atoms with Crippen LogP contribution in [0.1, 0.15) is 29.7 Å². The van der Waals surface area contributed by atoms with Crippen LogP contribution in [-0.4, -0.2) is 4.98 Å². The summed E-state index contributed by atoms with van der Waals surface area (Å²) in [5.41, 5.74) is 3.33. The van der Waals surface area contributed by atoms with Crippen molar-refractivity contribution >= 4 is 0 Å². The second kappa shape index (κ2) is 5.74. The van der Waals surface area contributed by atoms with Gasteiger partial charge in [-0.25, -0.2) is 4.39 Å². The Morgan fingerprint density at radius 3 is 2.89 bits per heavy atom. The molecule has 2 nitrogen and oxygen atoms in total. The van der Waals surface area contributed by atoms with E-state index in [2.05, 4.69) is 17.2 Å². The summed E-state index contributed by atoms with van der Waals surface area (Å²) < 4.78 is 13.1. The van der Waals surface area contributed by atoms with Gasteiger partial charge in [-0.05, 0) is 48.7 Å². The lowest BCUT2D eigenvalue weighted by Gasteiger charge is -2.15. The molecule has 1 heterocycles. The second-order valence-corrected chi connectivity index (χ2v) is 4.46. The molecule has 2 aromatic rings. The van der Waals surface area contributed by atoms with E-state index in [0.717, 1.165) is 12.1 Å². The van der Waals surface area contributed by atoms with Gasteiger partial charge in [-0.15, -0.1) is 0 Å². The highest BCUT2D eigenvalue weighted by Gasteiger charge is 2.06. The fraction of sp³-hybridized carbons (Fsp3) is 0.267. The van der Waals surface area contributed by atoms with Crippen molar-refractivity contribution in [3.05, 3.63) is 65.2 Å². The smallest absolute Gasteiger partial charge is 0.123 e. The largest absolute Gasteiger partial charge is 0.306 e. The molecule has 1 atom stereocenters. The van der Waals surface area contributed by atoms with Gasteiger partial charge in [-0.3, -0.25) is 4.98 Å². The van der Waals surface area contributed by atoms with E-state index in [1.54, 1.807) is 18.3 Å². The summed E-state index contributed by atoms with van der Waals surface area (Å²) in [7, 11) is 0. The first-order valence-electron chi connectivity index (χ1n) is 6.05. The van der Waals surface area contributed by atoms with Crippen molar-refractivity contribution in [2.75, 3.05) is 0 Å². The number of hydrogen-bond acceptors (Lipinski definition) is 2. The molecule has 2 rings (SSSR count). The Hall–Kier alpha value is -1.74. The number of pyridine rings is 1. The number of nitrogens with zero attached hydrogens (tertiary/aromatic N) is 1. The van der Waals surface area contributed by atoms with Gasteiger partial charge in [0.25, 0.3) is 0 Å². The molecule has 0 amide bonds. The summed E-state index contributed by atoms with van der Waals surface area (Å²) >= 11 is 0. The molecule has 0 saturated carbocycles. The van der Waals surface area contributed by atoms with E-state index < -0.39 is 0 Å². The van der Waals surface area contributed by atoms with Crippen LogP contribution in [0.3, 0.4) is 0 Å². The summed E-state index contributed by atoms with van der Waals surface area (Å²) in [5, 5.41) is 3.38. The third kappa shape index (κ3) is 3.14. The van der Waals surface area contributed by atoms with Crippen LogP contribution in [0.5, 0.6) is 0 Å². The first-order valence-corrected chi connectivity index (χ1v) is 6.05. The fourth-order valence-electron chi connectivity index (χ4n) is 1.84. The molecule has 0 aliphatic carbocycles. The lowest BCUT2D eigenvalue weighted by molar-refractivity contribution is 0.563. The van der Waals surface area contributed by atoms with E-state index in [0.29, 0.717) is 0 Å². The zero-order valence-electron chi connectivity index (χ0n) is 10.7. The van der Waals surface area contributed by atoms with E-state index in [4.69, 9.17) is 0 Å². The minimum atomic E-state index is -0.196. The highest BCUT2D eigenvalue weighted by Crippen LogP contribution is 2.14. The molecular formula is C15H17FN2. The van der Waals surface area contributed by atoms with E-state index >= 15 is 0 Å². The Bertz CT molecular complexity index is 525. The first kappa shape index (κ1) is 12.7. The Labute approximate surface area is 107 Å². The molecule has 18 heavy (non-hydrogen) atoms. The maximum Gasteiger partial charge on any atom is 0.123 e. The highest BCUT2D eigenvalue weighted by molar-refractivity contribution is 5.23. The maximum absolute atomic E-state index is 13.1. The van der Waals surface area contributed by atoms with Crippen molar-refractivity contribution in [1.29, 1.82) is 0 Å². The molecule has 0 aliphatic rings. The van der Waals surface area contributed by atoms with Crippen molar-refractivity contribution in [1.82, 2.24) is 10.3 Å². The number of benzene rings is 1. The van der Waals surface area contributed by atoms with Crippen molar-refractivity contribution in [3.63, 3.8) is 0 Å². The van der Waals surface area contributed by atoms with Gasteiger partial charge in [-0.2, -0.15) is 0 Å². The highest BCUT2D eigenvalue weighted by atomic mass is 19.1. The minimum Gasteiger partial charge on any atom is -0.306 e. The average Bonchev–Trinajstić information content (AvgIpc) is 2.37. The van der Waals surface area contributed by atoms with Gasteiger partial charge < -0.3 is 5.32 Å². The molecule has 3 heteroatoms. The molecule has 0 aliphatic heterocycles. The molecule has 1 aromatic carbocycles. The predicted octanol–water partition coefficient (Wildman–Crippen LogP) is 3.38. The summed E-state index contributed by atoms with van der Waals surface area (Å²) in [5.74, 6) is -0.196. The molecule has 1 aromatic heterocycles. The quantitative estimate of drug-likeness (QED) is 0.891. The lowest BCUT2D eigenvalue weighted by atomic mass is 10.1. The monoisotopic (exact) mass is 244 g/mol. The topological polar surface area (TPSA) is 24.9 Å². The van der Waals surface area contributed by atoms with Gasteiger partial charge in [-0.1, -0.05) is 12.1 Å². The van der Waals surface area contributed by atoms with Crippen molar-refractivity contribution < 1.29 is 4.39 Å². The number of nitrogens with one attached hydrogen (secondary N) is 1. The average molecular weight is 244 g/mol. The molecule has 0 bridgehead atoms. The normalized spacial score (nSPS) is 12.4. The van der Waals surface area contributed by atoms with Crippen LogP contribution in [0.2, 0.25) is 0 Å². The van der Waals surface area contributed by atoms with Crippen LogP contribution in [0.15, 0.2) is 42.7 Å². The molecular weight excluding hydrogens is 227 g/mol. The number of halogens is 1. The van der Waals surface area contributed by atoms with Gasteiger partial charge in [0, 0.05) is 25.0 Å². The summed E-state index contributed by atoms with van der Waals surface area (Å²) in [6.45, 7) is 4.82. The van der Waals surface area contributed by atoms with Crippen LogP contribution in [0, 0.1) is 12.7 Å². The van der Waals surface area contributed by atoms with Crippen LogP contribution in [0.25, 0.3) is 0 Å². The molecule has 0 unspecified atom stereocenters. The van der Waals surface area contributed by atoms with Crippen molar-refractivity contribution in [3.8, 4) is 0 Å². The fourth-order valence-corrected chi connectivity index (χ4v) is 1.84. The number of aromatic nitrogens is 1. The Morgan fingerprint density at radius 2 is 2.17 bits per heavy atom. The lowest BCUT2D eigenvalue weighted by Crippen LogP contribution is -2.18. The van der Waals surface area contributed by atoms with Gasteiger partial charge in [0.2, 0.25) is 0 Å². The van der Waals surface area contributed by atoms with E-state index in [9.17, 15) is 4.39 Å². The number of rotatable bonds is 4. The van der Waals surface area contributed by atoms with Crippen LogP contribution in [-0.2, 0) is 6.54 Å². The standard InChI is InChI=1S/C15H17FN2/c1-11-6-7-17-9-14(11)10-18-12(2)13-4-3-5-15(16)8-13/h3-9,12,18H,10H2,1-2H3/t12-/m0/s1.